The predicted octanol–water partition coefficient (Wildman–Crippen LogP) is 2.85. The van der Waals surface area contributed by atoms with Crippen molar-refractivity contribution in [2.45, 2.75) is 29.8 Å². The van der Waals surface area contributed by atoms with Crippen LogP contribution in [0.5, 0.6) is 0 Å². The summed E-state index contributed by atoms with van der Waals surface area (Å²) in [6.45, 7) is 3.16. The first-order valence-corrected chi connectivity index (χ1v) is 10.8. The quantitative estimate of drug-likeness (QED) is 0.236. The normalized spacial score (nSPS) is 11.6. The minimum atomic E-state index is -3.70. The first-order chi connectivity index (χ1) is 12.3. The van der Waals surface area contributed by atoms with Crippen molar-refractivity contribution in [1.82, 2.24) is 10.6 Å². The van der Waals surface area contributed by atoms with E-state index in [0.717, 1.165) is 5.56 Å². The van der Waals surface area contributed by atoms with Gasteiger partial charge in [0.25, 0.3) is 0 Å². The van der Waals surface area contributed by atoms with Crippen LogP contribution < -0.4 is 15.8 Å². The topological polar surface area (TPSA) is 96.6 Å². The lowest BCUT2D eigenvalue weighted by atomic mass is 10.1. The highest BCUT2D eigenvalue weighted by atomic mass is 127. The summed E-state index contributed by atoms with van der Waals surface area (Å²) in [4.78, 5) is 5.54. The first-order valence-electron chi connectivity index (χ1n) is 8.03. The highest BCUT2D eigenvalue weighted by molar-refractivity contribution is 14.0. The molecule has 2 aromatic rings. The third-order valence-electron chi connectivity index (χ3n) is 3.80. The van der Waals surface area contributed by atoms with E-state index in [1.54, 1.807) is 30.9 Å². The van der Waals surface area contributed by atoms with Crippen molar-refractivity contribution in [2.24, 2.45) is 10.1 Å². The van der Waals surface area contributed by atoms with E-state index >= 15 is 0 Å². The van der Waals surface area contributed by atoms with E-state index in [9.17, 15) is 8.42 Å². The number of rotatable bonds is 6. The Labute approximate surface area is 182 Å². The summed E-state index contributed by atoms with van der Waals surface area (Å²) in [5, 5.41) is 11.6. The van der Waals surface area contributed by atoms with Crippen molar-refractivity contribution in [3.63, 3.8) is 0 Å². The molecule has 6 nitrogen and oxygen atoms in total. The number of primary sulfonamides is 1. The van der Waals surface area contributed by atoms with Gasteiger partial charge in [-0.2, -0.15) is 0 Å². The monoisotopic (exact) mass is 520 g/mol. The number of nitrogens with one attached hydrogen (secondary N) is 2. The fourth-order valence-corrected chi connectivity index (χ4v) is 3.71. The maximum absolute atomic E-state index is 11.4. The molecule has 0 aliphatic carbocycles. The number of guanidine groups is 1. The number of sulfonamides is 1. The molecule has 0 saturated heterocycles. The van der Waals surface area contributed by atoms with Crippen molar-refractivity contribution < 1.29 is 8.42 Å². The van der Waals surface area contributed by atoms with Crippen molar-refractivity contribution in [3.8, 4) is 0 Å². The number of aliphatic imine (C=N–C) groups is 1. The number of hydrogen-bond donors (Lipinski definition) is 3. The van der Waals surface area contributed by atoms with E-state index < -0.39 is 10.0 Å². The average molecular weight is 520 g/mol. The third-order valence-corrected chi connectivity index (χ3v) is 5.53. The van der Waals surface area contributed by atoms with Crippen LogP contribution >= 0.6 is 35.7 Å². The molecule has 148 valence electrons. The van der Waals surface area contributed by atoms with E-state index in [4.69, 9.17) is 5.14 Å². The smallest absolute Gasteiger partial charge is 0.238 e. The Bertz CT molecular complexity index is 902. The van der Waals surface area contributed by atoms with Gasteiger partial charge in [0.2, 0.25) is 10.0 Å². The molecule has 9 heteroatoms. The van der Waals surface area contributed by atoms with Crippen molar-refractivity contribution in [3.05, 3.63) is 59.2 Å². The van der Waals surface area contributed by atoms with Crippen LogP contribution in [0.1, 0.15) is 16.7 Å². The van der Waals surface area contributed by atoms with E-state index in [1.807, 2.05) is 6.07 Å². The second-order valence-corrected chi connectivity index (χ2v) is 8.20. The van der Waals surface area contributed by atoms with Gasteiger partial charge in [-0.1, -0.05) is 24.3 Å². The number of nitrogens with two attached hydrogens (primary N) is 1. The number of hydrogen-bond acceptors (Lipinski definition) is 4. The van der Waals surface area contributed by atoms with Gasteiger partial charge >= 0.3 is 0 Å². The van der Waals surface area contributed by atoms with Crippen LogP contribution in [0.2, 0.25) is 0 Å². The lowest BCUT2D eigenvalue weighted by Crippen LogP contribution is -2.36. The highest BCUT2D eigenvalue weighted by Crippen LogP contribution is 2.21. The molecule has 0 bridgehead atoms. The largest absolute Gasteiger partial charge is 0.352 e. The third kappa shape index (κ3) is 7.32. The van der Waals surface area contributed by atoms with E-state index in [1.165, 1.54) is 22.1 Å². The molecule has 0 amide bonds. The molecular formula is C18H25IN4O2S2. The molecule has 0 radical (unpaired) electrons. The zero-order chi connectivity index (χ0) is 19.2. The molecule has 0 aliphatic rings. The lowest BCUT2D eigenvalue weighted by molar-refractivity contribution is 0.597. The van der Waals surface area contributed by atoms with Crippen molar-refractivity contribution in [1.29, 1.82) is 0 Å². The van der Waals surface area contributed by atoms with Crippen LogP contribution in [0.4, 0.5) is 0 Å². The van der Waals surface area contributed by atoms with Crippen LogP contribution in [-0.2, 0) is 23.1 Å². The molecule has 4 N–H and O–H groups in total. The molecule has 0 atom stereocenters. The van der Waals surface area contributed by atoms with Gasteiger partial charge in [-0.15, -0.1) is 35.7 Å². The number of halogens is 1. The van der Waals surface area contributed by atoms with Crippen LogP contribution in [0.3, 0.4) is 0 Å². The summed E-state index contributed by atoms with van der Waals surface area (Å²) >= 11 is 1.71. The van der Waals surface area contributed by atoms with E-state index in [0.29, 0.717) is 19.0 Å². The Morgan fingerprint density at radius 2 is 1.85 bits per heavy atom. The van der Waals surface area contributed by atoms with E-state index in [2.05, 4.69) is 47.0 Å². The molecule has 2 rings (SSSR count). The molecule has 0 heterocycles. The minimum Gasteiger partial charge on any atom is -0.352 e. The highest BCUT2D eigenvalue weighted by Gasteiger charge is 2.08. The SMILES string of the molecule is CN=C(NCc1cccc(S(N)(=O)=O)c1)NCc1ccc(C)cc1SC.I. The summed E-state index contributed by atoms with van der Waals surface area (Å²) in [5.41, 5.74) is 3.23. The Balaban J connectivity index is 0.00000364. The summed E-state index contributed by atoms with van der Waals surface area (Å²) in [6, 6.07) is 12.9. The summed E-state index contributed by atoms with van der Waals surface area (Å²) < 4.78 is 22.9. The van der Waals surface area contributed by atoms with Crippen molar-refractivity contribution in [2.75, 3.05) is 13.3 Å². The number of benzene rings is 2. The van der Waals surface area contributed by atoms with Gasteiger partial charge in [-0.05, 0) is 48.1 Å². The molecule has 0 unspecified atom stereocenters. The molecule has 0 aromatic heterocycles. The Hall–Kier alpha value is -1.30. The molecule has 27 heavy (non-hydrogen) atoms. The van der Waals surface area contributed by atoms with Gasteiger partial charge in [-0.25, -0.2) is 13.6 Å². The van der Waals surface area contributed by atoms with Gasteiger partial charge in [0, 0.05) is 25.0 Å². The Morgan fingerprint density at radius 3 is 2.48 bits per heavy atom. The number of aryl methyl sites for hydroxylation is 1. The Morgan fingerprint density at radius 1 is 1.15 bits per heavy atom. The zero-order valence-corrected chi connectivity index (χ0v) is 19.5. The number of thioether (sulfide) groups is 1. The minimum absolute atomic E-state index is 0. The Kier molecular flexibility index (Phi) is 9.57. The molecule has 0 saturated carbocycles. The van der Waals surface area contributed by atoms with Gasteiger partial charge in [0.15, 0.2) is 5.96 Å². The van der Waals surface area contributed by atoms with Crippen molar-refractivity contribution >= 4 is 51.7 Å². The predicted molar refractivity (Wildman–Crippen MR) is 123 cm³/mol. The summed E-state index contributed by atoms with van der Waals surface area (Å²) in [5.74, 6) is 0.638. The fraction of sp³-hybridized carbons (Fsp3) is 0.278. The fourth-order valence-electron chi connectivity index (χ4n) is 2.42. The molecule has 0 spiro atoms. The molecule has 0 fully saturated rings. The second kappa shape index (κ2) is 10.9. The maximum atomic E-state index is 11.4. The second-order valence-electron chi connectivity index (χ2n) is 5.79. The molecule has 2 aromatic carbocycles. The van der Waals surface area contributed by atoms with Crippen LogP contribution in [-0.4, -0.2) is 27.7 Å². The maximum Gasteiger partial charge on any atom is 0.238 e. The van der Waals surface area contributed by atoms with Gasteiger partial charge in [0.1, 0.15) is 0 Å². The lowest BCUT2D eigenvalue weighted by Gasteiger charge is -2.14. The first kappa shape index (κ1) is 23.7. The average Bonchev–Trinajstić information content (AvgIpc) is 2.62. The van der Waals surface area contributed by atoms with Crippen LogP contribution in [0.25, 0.3) is 0 Å². The number of nitrogens with zero attached hydrogens (tertiary/aromatic N) is 1. The van der Waals surface area contributed by atoms with Gasteiger partial charge < -0.3 is 10.6 Å². The van der Waals surface area contributed by atoms with Gasteiger partial charge in [-0.3, -0.25) is 4.99 Å². The zero-order valence-electron chi connectivity index (χ0n) is 15.5. The standard InChI is InChI=1S/C18H24N4O2S2.HI/c1-13-7-8-15(17(9-13)25-3)12-22-18(20-2)21-11-14-5-4-6-16(10-14)26(19,23)24;/h4-10H,11-12H2,1-3H3,(H2,19,23,24)(H2,20,21,22);1H. The molecule has 0 aliphatic heterocycles. The molecular weight excluding hydrogens is 495 g/mol. The van der Waals surface area contributed by atoms with Crippen LogP contribution in [0.15, 0.2) is 57.2 Å². The summed E-state index contributed by atoms with van der Waals surface area (Å²) in [7, 11) is -2.01. The van der Waals surface area contributed by atoms with Crippen LogP contribution in [0, 0.1) is 6.92 Å². The van der Waals surface area contributed by atoms with E-state index in [-0.39, 0.29) is 28.9 Å². The van der Waals surface area contributed by atoms with Gasteiger partial charge in [0.05, 0.1) is 4.90 Å². The summed E-state index contributed by atoms with van der Waals surface area (Å²) in [6.07, 6.45) is 2.06.